The molecular formula is C32H34FO6P. The van der Waals surface area contributed by atoms with E-state index in [0.717, 1.165) is 43.8 Å². The van der Waals surface area contributed by atoms with Crippen molar-refractivity contribution in [3.63, 3.8) is 0 Å². The van der Waals surface area contributed by atoms with Gasteiger partial charge in [-0.1, -0.05) is 12.1 Å². The SMILES string of the molecule is CCOC(=O)PC1C[C@@H]1c1ccc(O[C@@H]2CCc3c(Oc4ccc(OC5CCOCC5)cc4)ccc(F)c32)cc1. The van der Waals surface area contributed by atoms with Gasteiger partial charge >= 0.3 is 5.71 Å². The van der Waals surface area contributed by atoms with Crippen LogP contribution in [0.5, 0.6) is 23.0 Å². The van der Waals surface area contributed by atoms with Crippen molar-refractivity contribution in [3.05, 3.63) is 83.2 Å². The molecule has 3 aromatic rings. The standard InChI is InChI=1S/C32H34FO6P/c1-2-36-32(34)40-30-19-26(30)20-3-5-22(6-4-20)39-29-13-11-25-28(14-12-27(33)31(25)29)38-23-9-7-21(8-10-23)37-24-15-17-35-18-16-24/h3-10,12,14,24,26,29-30,40H,2,11,13,15-19H2,1H3/t26-,29-,30?/m1/s1. The highest BCUT2D eigenvalue weighted by molar-refractivity contribution is 7.58. The highest BCUT2D eigenvalue weighted by atomic mass is 31.1. The molecule has 6 rings (SSSR count). The molecule has 0 spiro atoms. The lowest BCUT2D eigenvalue weighted by atomic mass is 10.1. The van der Waals surface area contributed by atoms with Gasteiger partial charge in [0, 0.05) is 24.0 Å². The summed E-state index contributed by atoms with van der Waals surface area (Å²) in [7, 11) is 0.198. The molecule has 6 nitrogen and oxygen atoms in total. The third-order valence-electron chi connectivity index (χ3n) is 7.72. The maximum absolute atomic E-state index is 15.0. The molecule has 0 radical (unpaired) electrons. The minimum atomic E-state index is -0.376. The molecule has 3 aliphatic rings. The summed E-state index contributed by atoms with van der Waals surface area (Å²) in [5.74, 6) is 2.96. The van der Waals surface area contributed by atoms with Crippen molar-refractivity contribution in [1.29, 1.82) is 0 Å². The van der Waals surface area contributed by atoms with Gasteiger partial charge in [-0.15, -0.1) is 0 Å². The number of ether oxygens (including phenoxy) is 5. The molecule has 2 unspecified atom stereocenters. The van der Waals surface area contributed by atoms with Crippen molar-refractivity contribution < 1.29 is 32.9 Å². The van der Waals surface area contributed by atoms with E-state index in [4.69, 9.17) is 23.7 Å². The normalized spacial score (nSPS) is 22.2. The second-order valence-corrected chi connectivity index (χ2v) is 11.9. The predicted molar refractivity (Wildman–Crippen MR) is 152 cm³/mol. The zero-order valence-corrected chi connectivity index (χ0v) is 23.6. The van der Waals surface area contributed by atoms with Gasteiger partial charge in [-0.05, 0) is 100 Å². The Balaban J connectivity index is 1.08. The molecule has 0 aromatic heterocycles. The van der Waals surface area contributed by atoms with Gasteiger partial charge in [0.1, 0.15) is 41.0 Å². The van der Waals surface area contributed by atoms with Gasteiger partial charge in [-0.2, -0.15) is 0 Å². The fourth-order valence-electron chi connectivity index (χ4n) is 5.56. The number of rotatable bonds is 10. The Morgan fingerprint density at radius 3 is 2.38 bits per heavy atom. The van der Waals surface area contributed by atoms with Crippen molar-refractivity contribution in [1.82, 2.24) is 0 Å². The topological polar surface area (TPSA) is 63.2 Å². The molecule has 2 fully saturated rings. The summed E-state index contributed by atoms with van der Waals surface area (Å²) >= 11 is 0. The number of benzene rings is 3. The van der Waals surface area contributed by atoms with E-state index in [-0.39, 0.29) is 32.3 Å². The van der Waals surface area contributed by atoms with E-state index in [2.05, 4.69) is 12.1 Å². The molecule has 210 valence electrons. The van der Waals surface area contributed by atoms with Crippen molar-refractivity contribution in [2.45, 2.75) is 62.8 Å². The summed E-state index contributed by atoms with van der Waals surface area (Å²) in [5.41, 5.74) is 2.89. The third-order valence-corrected chi connectivity index (χ3v) is 9.11. The molecule has 1 saturated carbocycles. The van der Waals surface area contributed by atoms with E-state index < -0.39 is 0 Å². The molecule has 1 aliphatic heterocycles. The largest absolute Gasteiger partial charge is 0.490 e. The number of hydrogen-bond donors (Lipinski definition) is 0. The van der Waals surface area contributed by atoms with Crippen LogP contribution in [0.25, 0.3) is 0 Å². The molecule has 8 heteroatoms. The Morgan fingerprint density at radius 1 is 0.925 bits per heavy atom. The van der Waals surface area contributed by atoms with Gasteiger partial charge in [0.25, 0.3) is 0 Å². The summed E-state index contributed by atoms with van der Waals surface area (Å²) in [6.45, 7) is 3.72. The number of halogens is 1. The monoisotopic (exact) mass is 564 g/mol. The highest BCUT2D eigenvalue weighted by Gasteiger charge is 2.40. The molecule has 0 amide bonds. The van der Waals surface area contributed by atoms with Crippen LogP contribution in [-0.4, -0.2) is 37.3 Å². The summed E-state index contributed by atoms with van der Waals surface area (Å²) in [6, 6.07) is 18.7. The van der Waals surface area contributed by atoms with E-state index in [1.807, 2.05) is 43.3 Å². The van der Waals surface area contributed by atoms with Crippen LogP contribution in [0.1, 0.15) is 61.3 Å². The van der Waals surface area contributed by atoms with Crippen molar-refractivity contribution in [2.75, 3.05) is 19.8 Å². The van der Waals surface area contributed by atoms with E-state index in [9.17, 15) is 4.79 Å². The minimum Gasteiger partial charge on any atom is -0.490 e. The average molecular weight is 565 g/mol. The smallest absolute Gasteiger partial charge is 0.323 e. The number of fused-ring (bicyclic) bond motifs is 1. The van der Waals surface area contributed by atoms with Gasteiger partial charge < -0.3 is 23.7 Å². The maximum Gasteiger partial charge on any atom is 0.323 e. The molecule has 1 saturated heterocycles. The minimum absolute atomic E-state index is 0.100. The summed E-state index contributed by atoms with van der Waals surface area (Å²) in [4.78, 5) is 11.8. The van der Waals surface area contributed by atoms with E-state index in [1.165, 1.54) is 11.6 Å². The second kappa shape index (κ2) is 12.2. The Morgan fingerprint density at radius 2 is 1.62 bits per heavy atom. The molecule has 2 aliphatic carbocycles. The zero-order chi connectivity index (χ0) is 27.5. The lowest BCUT2D eigenvalue weighted by Crippen LogP contribution is -2.25. The average Bonchev–Trinajstić information content (AvgIpc) is 3.59. The molecule has 4 atom stereocenters. The molecule has 1 heterocycles. The van der Waals surface area contributed by atoms with Gasteiger partial charge in [0.05, 0.1) is 19.8 Å². The Hall–Kier alpha value is -3.15. The zero-order valence-electron chi connectivity index (χ0n) is 22.6. The van der Waals surface area contributed by atoms with Gasteiger partial charge in [0.2, 0.25) is 0 Å². The molecule has 0 N–H and O–H groups in total. The molecular weight excluding hydrogens is 530 g/mol. The Bertz CT molecular complexity index is 1320. The van der Waals surface area contributed by atoms with Crippen molar-refractivity contribution in [3.8, 4) is 23.0 Å². The van der Waals surface area contributed by atoms with Crippen LogP contribution in [-0.2, 0) is 15.9 Å². The molecule has 0 bridgehead atoms. The van der Waals surface area contributed by atoms with E-state index in [0.29, 0.717) is 53.8 Å². The maximum atomic E-state index is 15.0. The van der Waals surface area contributed by atoms with Crippen LogP contribution in [0.2, 0.25) is 0 Å². The first-order valence-corrected chi connectivity index (χ1v) is 15.2. The fraction of sp³-hybridized carbons (Fsp3) is 0.406. The summed E-state index contributed by atoms with van der Waals surface area (Å²) < 4.78 is 44.0. The van der Waals surface area contributed by atoms with Gasteiger partial charge in [-0.3, -0.25) is 0 Å². The first-order valence-electron chi connectivity index (χ1n) is 14.1. The second-order valence-electron chi connectivity index (χ2n) is 10.5. The highest BCUT2D eigenvalue weighted by Crippen LogP contribution is 2.53. The van der Waals surface area contributed by atoms with Gasteiger partial charge in [-0.25, -0.2) is 9.18 Å². The van der Waals surface area contributed by atoms with Crippen LogP contribution in [0, 0.1) is 5.82 Å². The Kier molecular flexibility index (Phi) is 8.22. The summed E-state index contributed by atoms with van der Waals surface area (Å²) in [6.07, 6.45) is 3.95. The lowest BCUT2D eigenvalue weighted by Gasteiger charge is -2.23. The third kappa shape index (κ3) is 6.26. The first-order chi connectivity index (χ1) is 19.6. The van der Waals surface area contributed by atoms with E-state index in [1.54, 1.807) is 6.07 Å². The van der Waals surface area contributed by atoms with Gasteiger partial charge in [0.15, 0.2) is 0 Å². The first kappa shape index (κ1) is 27.0. The Labute approximate surface area is 235 Å². The molecule has 40 heavy (non-hydrogen) atoms. The van der Waals surface area contributed by atoms with Crippen LogP contribution < -0.4 is 14.2 Å². The summed E-state index contributed by atoms with van der Waals surface area (Å²) in [5, 5.41) is 0. The molecule has 3 aromatic carbocycles. The van der Waals surface area contributed by atoms with E-state index >= 15 is 4.39 Å². The number of hydrogen-bond acceptors (Lipinski definition) is 6. The predicted octanol–water partition coefficient (Wildman–Crippen LogP) is 7.93. The number of carbonyl (C=O) groups is 1. The van der Waals surface area contributed by atoms with Crippen LogP contribution in [0.15, 0.2) is 60.7 Å². The quantitative estimate of drug-likeness (QED) is 0.233. The van der Waals surface area contributed by atoms with Crippen LogP contribution in [0.3, 0.4) is 0 Å². The lowest BCUT2D eigenvalue weighted by molar-refractivity contribution is 0.0255. The fourth-order valence-corrected chi connectivity index (χ4v) is 6.86. The van der Waals surface area contributed by atoms with Crippen LogP contribution in [0.4, 0.5) is 9.18 Å². The van der Waals surface area contributed by atoms with Crippen LogP contribution >= 0.6 is 8.58 Å². The van der Waals surface area contributed by atoms with Crippen molar-refractivity contribution in [2.24, 2.45) is 0 Å². The van der Waals surface area contributed by atoms with Crippen molar-refractivity contribution >= 4 is 14.3 Å². The number of carbonyl (C=O) groups excluding carboxylic acids is 1.